The molecule has 0 atom stereocenters. The largest absolute Gasteiger partial charge is 0.356 e. The molecule has 0 bridgehead atoms. The van der Waals surface area contributed by atoms with E-state index in [1.807, 2.05) is 31.2 Å². The van der Waals surface area contributed by atoms with Crippen molar-refractivity contribution in [1.29, 1.82) is 0 Å². The van der Waals surface area contributed by atoms with Gasteiger partial charge in [-0.3, -0.25) is 19.3 Å². The number of imidazole rings is 1. The van der Waals surface area contributed by atoms with Crippen molar-refractivity contribution < 1.29 is 14.4 Å². The first-order valence-electron chi connectivity index (χ1n) is 9.70. The maximum Gasteiger partial charge on any atom is 0.261 e. The van der Waals surface area contributed by atoms with Crippen molar-refractivity contribution in [2.45, 2.75) is 26.3 Å². The number of fused-ring (bicyclic) bond motifs is 2. The highest BCUT2D eigenvalue weighted by Gasteiger charge is 2.34. The van der Waals surface area contributed by atoms with E-state index >= 15 is 0 Å². The second kappa shape index (κ2) is 7.87. The first kappa shape index (κ1) is 18.9. The predicted octanol–water partition coefficient (Wildman–Crippen LogP) is 2.54. The molecule has 148 valence electrons. The Morgan fingerprint density at radius 2 is 1.62 bits per heavy atom. The maximum atomic E-state index is 12.3. The van der Waals surface area contributed by atoms with Gasteiger partial charge < -0.3 is 9.88 Å². The van der Waals surface area contributed by atoms with Crippen LogP contribution in [-0.2, 0) is 11.3 Å². The molecular formula is C22H22N4O3. The summed E-state index contributed by atoms with van der Waals surface area (Å²) >= 11 is 0. The molecule has 0 fully saturated rings. The molecule has 0 saturated heterocycles. The monoisotopic (exact) mass is 390 g/mol. The first-order valence-corrected chi connectivity index (χ1v) is 9.70. The Kier molecular flexibility index (Phi) is 5.12. The highest BCUT2D eigenvalue weighted by atomic mass is 16.2. The van der Waals surface area contributed by atoms with Gasteiger partial charge in [0.05, 0.1) is 22.2 Å². The number of nitrogens with one attached hydrogen (secondary N) is 1. The Morgan fingerprint density at radius 1 is 0.966 bits per heavy atom. The molecule has 3 aromatic rings. The van der Waals surface area contributed by atoms with Crippen LogP contribution in [0.1, 0.15) is 39.4 Å². The number of aryl methyl sites for hydroxylation is 2. The smallest absolute Gasteiger partial charge is 0.261 e. The van der Waals surface area contributed by atoms with Gasteiger partial charge in [-0.2, -0.15) is 0 Å². The Balaban J connectivity index is 1.24. The molecule has 7 nitrogen and oxygen atoms in total. The number of hydrogen-bond donors (Lipinski definition) is 1. The van der Waals surface area contributed by atoms with Crippen LogP contribution in [0.2, 0.25) is 0 Å². The minimum absolute atomic E-state index is 0.0868. The Labute approximate surface area is 168 Å². The fourth-order valence-electron chi connectivity index (χ4n) is 3.69. The molecule has 1 N–H and O–H groups in total. The lowest BCUT2D eigenvalue weighted by molar-refractivity contribution is -0.121. The summed E-state index contributed by atoms with van der Waals surface area (Å²) in [5.74, 6) is 0.110. The fraction of sp³-hybridized carbons (Fsp3) is 0.273. The number of para-hydroxylation sites is 2. The van der Waals surface area contributed by atoms with Crippen LogP contribution in [0.4, 0.5) is 0 Å². The summed E-state index contributed by atoms with van der Waals surface area (Å²) in [6, 6.07) is 14.7. The normalized spacial score (nSPS) is 13.2. The molecule has 0 saturated carbocycles. The Hall–Kier alpha value is -3.48. The van der Waals surface area contributed by atoms with Crippen molar-refractivity contribution in [2.75, 3.05) is 13.1 Å². The zero-order chi connectivity index (χ0) is 20.4. The summed E-state index contributed by atoms with van der Waals surface area (Å²) < 4.78 is 2.14. The molecule has 0 radical (unpaired) electrons. The van der Waals surface area contributed by atoms with Gasteiger partial charge in [0.25, 0.3) is 11.8 Å². The van der Waals surface area contributed by atoms with Crippen LogP contribution in [0.5, 0.6) is 0 Å². The number of nitrogens with zero attached hydrogens (tertiary/aromatic N) is 3. The summed E-state index contributed by atoms with van der Waals surface area (Å²) in [6.07, 6.45) is 0.860. The van der Waals surface area contributed by atoms with Gasteiger partial charge in [-0.05, 0) is 37.6 Å². The molecule has 1 aliphatic heterocycles. The van der Waals surface area contributed by atoms with Crippen LogP contribution in [0.15, 0.2) is 48.5 Å². The molecule has 3 amide bonds. The molecular weight excluding hydrogens is 368 g/mol. The van der Waals surface area contributed by atoms with Crippen molar-refractivity contribution in [1.82, 2.24) is 19.8 Å². The second-order valence-electron chi connectivity index (χ2n) is 7.06. The predicted molar refractivity (Wildman–Crippen MR) is 109 cm³/mol. The standard InChI is InChI=1S/C22H22N4O3/c1-15-24-18-9-4-5-10-19(18)25(15)13-6-12-23-20(27)11-14-26-21(28)16-7-2-3-8-17(16)22(26)29/h2-5,7-10H,6,11-14H2,1H3,(H,23,27). The van der Waals surface area contributed by atoms with Crippen molar-refractivity contribution in [2.24, 2.45) is 0 Å². The van der Waals surface area contributed by atoms with Crippen molar-refractivity contribution >= 4 is 28.8 Å². The van der Waals surface area contributed by atoms with Crippen LogP contribution < -0.4 is 5.32 Å². The van der Waals surface area contributed by atoms with Gasteiger partial charge in [-0.25, -0.2) is 4.98 Å². The number of hydrogen-bond acceptors (Lipinski definition) is 4. The quantitative estimate of drug-likeness (QED) is 0.496. The van der Waals surface area contributed by atoms with E-state index in [0.717, 1.165) is 34.7 Å². The average molecular weight is 390 g/mol. The van der Waals surface area contributed by atoms with E-state index in [-0.39, 0.29) is 30.7 Å². The molecule has 7 heteroatoms. The summed E-state index contributed by atoms with van der Waals surface area (Å²) in [4.78, 5) is 42.5. The topological polar surface area (TPSA) is 84.3 Å². The summed E-state index contributed by atoms with van der Waals surface area (Å²) in [5.41, 5.74) is 2.86. The molecule has 0 spiro atoms. The van der Waals surface area contributed by atoms with Crippen LogP contribution in [0.25, 0.3) is 11.0 Å². The second-order valence-corrected chi connectivity index (χ2v) is 7.06. The van der Waals surface area contributed by atoms with Crippen molar-refractivity contribution in [3.63, 3.8) is 0 Å². The van der Waals surface area contributed by atoms with Crippen molar-refractivity contribution in [3.8, 4) is 0 Å². The van der Waals surface area contributed by atoms with E-state index in [1.165, 1.54) is 0 Å². The number of amides is 3. The number of rotatable bonds is 7. The first-order chi connectivity index (χ1) is 14.1. The number of imide groups is 1. The summed E-state index contributed by atoms with van der Waals surface area (Å²) in [5, 5.41) is 2.87. The van der Waals surface area contributed by atoms with E-state index in [2.05, 4.69) is 14.9 Å². The molecule has 1 aromatic heterocycles. The van der Waals surface area contributed by atoms with Crippen LogP contribution >= 0.6 is 0 Å². The molecule has 1 aliphatic rings. The third-order valence-corrected chi connectivity index (χ3v) is 5.17. The van der Waals surface area contributed by atoms with Crippen LogP contribution in [0.3, 0.4) is 0 Å². The molecule has 4 rings (SSSR count). The van der Waals surface area contributed by atoms with Gasteiger partial charge in [-0.15, -0.1) is 0 Å². The van der Waals surface area contributed by atoms with Crippen LogP contribution in [-0.4, -0.2) is 45.3 Å². The van der Waals surface area contributed by atoms with Crippen LogP contribution in [0, 0.1) is 6.92 Å². The number of aromatic nitrogens is 2. The number of carbonyl (C=O) groups excluding carboxylic acids is 3. The highest BCUT2D eigenvalue weighted by Crippen LogP contribution is 2.22. The zero-order valence-corrected chi connectivity index (χ0v) is 16.2. The molecule has 29 heavy (non-hydrogen) atoms. The minimum atomic E-state index is -0.333. The fourth-order valence-corrected chi connectivity index (χ4v) is 3.69. The van der Waals surface area contributed by atoms with Gasteiger partial charge in [0.15, 0.2) is 0 Å². The van der Waals surface area contributed by atoms with E-state index in [0.29, 0.717) is 17.7 Å². The van der Waals surface area contributed by atoms with Crippen molar-refractivity contribution in [3.05, 3.63) is 65.5 Å². The maximum absolute atomic E-state index is 12.3. The zero-order valence-electron chi connectivity index (χ0n) is 16.2. The summed E-state index contributed by atoms with van der Waals surface area (Å²) in [7, 11) is 0. The minimum Gasteiger partial charge on any atom is -0.356 e. The van der Waals surface area contributed by atoms with E-state index in [4.69, 9.17) is 0 Å². The van der Waals surface area contributed by atoms with Gasteiger partial charge in [0.2, 0.25) is 5.91 Å². The molecule has 2 aromatic carbocycles. The van der Waals surface area contributed by atoms with E-state index in [1.54, 1.807) is 24.3 Å². The van der Waals surface area contributed by atoms with E-state index in [9.17, 15) is 14.4 Å². The third-order valence-electron chi connectivity index (χ3n) is 5.17. The number of carbonyl (C=O) groups is 3. The van der Waals surface area contributed by atoms with Gasteiger partial charge in [0.1, 0.15) is 5.82 Å². The van der Waals surface area contributed by atoms with E-state index < -0.39 is 0 Å². The average Bonchev–Trinajstić information content (AvgIpc) is 3.17. The lowest BCUT2D eigenvalue weighted by Crippen LogP contribution is -2.35. The molecule has 0 aliphatic carbocycles. The van der Waals surface area contributed by atoms with Gasteiger partial charge >= 0.3 is 0 Å². The summed E-state index contributed by atoms with van der Waals surface area (Å²) in [6.45, 7) is 3.34. The SMILES string of the molecule is Cc1nc2ccccc2n1CCCNC(=O)CCN1C(=O)c2ccccc2C1=O. The highest BCUT2D eigenvalue weighted by molar-refractivity contribution is 6.21. The Bertz CT molecular complexity index is 1070. The van der Waals surface area contributed by atoms with Gasteiger partial charge in [-0.1, -0.05) is 24.3 Å². The van der Waals surface area contributed by atoms with Gasteiger partial charge in [0, 0.05) is 26.1 Å². The molecule has 2 heterocycles. The Morgan fingerprint density at radius 3 is 2.34 bits per heavy atom. The lowest BCUT2D eigenvalue weighted by Gasteiger charge is -2.13. The third kappa shape index (κ3) is 3.63. The lowest BCUT2D eigenvalue weighted by atomic mass is 10.1. The number of benzene rings is 2. The molecule has 0 unspecified atom stereocenters.